The average molecular weight is 303 g/mol. The zero-order valence-corrected chi connectivity index (χ0v) is 12.1. The summed E-state index contributed by atoms with van der Waals surface area (Å²) < 4.78 is 0. The third-order valence-electron chi connectivity index (χ3n) is 4.83. The number of pyridine rings is 1. The summed E-state index contributed by atoms with van der Waals surface area (Å²) in [4.78, 5) is 26.6. The van der Waals surface area contributed by atoms with E-state index in [-0.39, 0.29) is 17.4 Å². The highest BCUT2D eigenvalue weighted by atomic mass is 35.5. The fourth-order valence-electron chi connectivity index (χ4n) is 3.73. The monoisotopic (exact) mass is 302 g/mol. The first-order valence-electron chi connectivity index (χ1n) is 7.27. The minimum absolute atomic E-state index is 0.0655. The summed E-state index contributed by atoms with van der Waals surface area (Å²) in [5.41, 5.74) is 0.411. The lowest BCUT2D eigenvalue weighted by Crippen LogP contribution is -2.17. The molecule has 1 amide bonds. The van der Waals surface area contributed by atoms with Gasteiger partial charge in [-0.25, -0.2) is 0 Å². The molecule has 0 bridgehead atoms. The van der Waals surface area contributed by atoms with Crippen molar-refractivity contribution in [1.29, 1.82) is 0 Å². The number of H-pyrrole nitrogens is 1. The molecule has 2 aromatic rings. The molecule has 1 heterocycles. The molecule has 0 spiro atoms. The quantitative estimate of drug-likeness (QED) is 0.895. The molecular formula is C16H15ClN2O2. The fourth-order valence-corrected chi connectivity index (χ4v) is 3.94. The highest BCUT2D eigenvalue weighted by Crippen LogP contribution is 2.57. The third kappa shape index (κ3) is 2.05. The van der Waals surface area contributed by atoms with E-state index in [1.165, 1.54) is 19.3 Å². The molecule has 4 nitrogen and oxygen atoms in total. The van der Waals surface area contributed by atoms with Crippen molar-refractivity contribution in [1.82, 2.24) is 4.98 Å². The van der Waals surface area contributed by atoms with Crippen molar-refractivity contribution in [2.45, 2.75) is 19.3 Å². The lowest BCUT2D eigenvalue weighted by molar-refractivity contribution is -0.118. The first-order valence-corrected chi connectivity index (χ1v) is 7.65. The van der Waals surface area contributed by atoms with Crippen molar-refractivity contribution in [3.05, 3.63) is 39.8 Å². The standard InChI is InChI=1S/C16H15ClN2O2/c17-12-7-11-8(4-5-18-15(11)20)6-13(12)19-16(21)14-9-2-1-3-10(9)14/h4-7,9-10,14H,1-3H2,(H,18,20)(H,19,21)/t9-,10+,14?. The molecule has 1 aromatic heterocycles. The van der Waals surface area contributed by atoms with Gasteiger partial charge in [-0.2, -0.15) is 0 Å². The van der Waals surface area contributed by atoms with Gasteiger partial charge in [0.1, 0.15) is 0 Å². The van der Waals surface area contributed by atoms with Crippen LogP contribution in [-0.2, 0) is 4.79 Å². The summed E-state index contributed by atoms with van der Waals surface area (Å²) in [5, 5.41) is 4.63. The van der Waals surface area contributed by atoms with Crippen LogP contribution in [0.1, 0.15) is 19.3 Å². The molecule has 3 atom stereocenters. The van der Waals surface area contributed by atoms with E-state index in [4.69, 9.17) is 11.6 Å². The van der Waals surface area contributed by atoms with Crippen molar-refractivity contribution in [2.24, 2.45) is 17.8 Å². The zero-order valence-electron chi connectivity index (χ0n) is 11.4. The topological polar surface area (TPSA) is 62.0 Å². The molecule has 2 saturated carbocycles. The molecule has 108 valence electrons. The van der Waals surface area contributed by atoms with Crippen molar-refractivity contribution < 1.29 is 4.79 Å². The Morgan fingerprint density at radius 3 is 2.81 bits per heavy atom. The van der Waals surface area contributed by atoms with Crippen LogP contribution in [0, 0.1) is 17.8 Å². The second kappa shape index (κ2) is 4.60. The molecule has 2 aliphatic carbocycles. The van der Waals surface area contributed by atoms with Gasteiger partial charge in [0.15, 0.2) is 0 Å². The van der Waals surface area contributed by atoms with Crippen LogP contribution in [-0.4, -0.2) is 10.9 Å². The number of rotatable bonds is 2. The zero-order chi connectivity index (χ0) is 14.6. The van der Waals surface area contributed by atoms with E-state index in [9.17, 15) is 9.59 Å². The van der Waals surface area contributed by atoms with Crippen molar-refractivity contribution in [3.63, 3.8) is 0 Å². The summed E-state index contributed by atoms with van der Waals surface area (Å²) in [6.07, 6.45) is 5.18. The van der Waals surface area contributed by atoms with Gasteiger partial charge < -0.3 is 10.3 Å². The van der Waals surface area contributed by atoms with Gasteiger partial charge in [0.25, 0.3) is 5.56 Å². The Kier molecular flexibility index (Phi) is 2.82. The smallest absolute Gasteiger partial charge is 0.255 e. The summed E-state index contributed by atoms with van der Waals surface area (Å²) >= 11 is 6.20. The van der Waals surface area contributed by atoms with Crippen molar-refractivity contribution in [3.8, 4) is 0 Å². The van der Waals surface area contributed by atoms with Gasteiger partial charge in [-0.15, -0.1) is 0 Å². The maximum atomic E-state index is 12.3. The molecule has 0 aliphatic heterocycles. The summed E-state index contributed by atoms with van der Waals surface area (Å²) in [6.45, 7) is 0. The Bertz CT molecular complexity index is 788. The molecule has 4 rings (SSSR count). The largest absolute Gasteiger partial charge is 0.329 e. The molecule has 2 N–H and O–H groups in total. The molecule has 5 heteroatoms. The van der Waals surface area contributed by atoms with E-state index in [1.54, 1.807) is 24.4 Å². The number of anilines is 1. The maximum Gasteiger partial charge on any atom is 0.255 e. The van der Waals surface area contributed by atoms with Crippen LogP contribution in [0.15, 0.2) is 29.2 Å². The number of carbonyl (C=O) groups excluding carboxylic acids is 1. The Labute approximate surface area is 126 Å². The molecule has 21 heavy (non-hydrogen) atoms. The van der Waals surface area contributed by atoms with Crippen LogP contribution in [0.5, 0.6) is 0 Å². The van der Waals surface area contributed by atoms with Gasteiger partial charge in [0.05, 0.1) is 10.7 Å². The first kappa shape index (κ1) is 12.9. The second-order valence-electron chi connectivity index (χ2n) is 6.00. The number of benzene rings is 1. The number of amides is 1. The van der Waals surface area contributed by atoms with E-state index < -0.39 is 0 Å². The summed E-state index contributed by atoms with van der Waals surface area (Å²) in [6, 6.07) is 5.18. The third-order valence-corrected chi connectivity index (χ3v) is 5.14. The molecule has 1 unspecified atom stereocenters. The van der Waals surface area contributed by atoms with Crippen LogP contribution in [0.3, 0.4) is 0 Å². The number of hydrogen-bond acceptors (Lipinski definition) is 2. The van der Waals surface area contributed by atoms with Crippen LogP contribution < -0.4 is 10.9 Å². The molecule has 0 saturated heterocycles. The van der Waals surface area contributed by atoms with Gasteiger partial charge in [0.2, 0.25) is 5.91 Å². The Hall–Kier alpha value is -1.81. The van der Waals surface area contributed by atoms with Crippen molar-refractivity contribution >= 4 is 34.0 Å². The maximum absolute atomic E-state index is 12.3. The lowest BCUT2D eigenvalue weighted by atomic mass is 10.1. The SMILES string of the molecule is O=C(Nc1cc2cc[nH]c(=O)c2cc1Cl)C1[C@H]2CCC[C@@H]12. The minimum atomic E-state index is -0.177. The van der Waals surface area contributed by atoms with Gasteiger partial charge in [-0.05, 0) is 48.3 Å². The predicted molar refractivity (Wildman–Crippen MR) is 82.5 cm³/mol. The number of aromatic nitrogens is 1. The second-order valence-corrected chi connectivity index (χ2v) is 6.41. The van der Waals surface area contributed by atoms with Crippen LogP contribution in [0.4, 0.5) is 5.69 Å². The Morgan fingerprint density at radius 1 is 1.29 bits per heavy atom. The molecule has 2 aliphatic rings. The molecule has 2 fully saturated rings. The van der Waals surface area contributed by atoms with Crippen LogP contribution >= 0.6 is 11.6 Å². The van der Waals surface area contributed by atoms with Crippen LogP contribution in [0.25, 0.3) is 10.8 Å². The highest BCUT2D eigenvalue weighted by Gasteiger charge is 2.56. The summed E-state index contributed by atoms with van der Waals surface area (Å²) in [5.74, 6) is 1.37. The number of halogens is 1. The highest BCUT2D eigenvalue weighted by molar-refractivity contribution is 6.34. The summed E-state index contributed by atoms with van der Waals surface area (Å²) in [7, 11) is 0. The van der Waals surface area contributed by atoms with Gasteiger partial charge in [-0.1, -0.05) is 18.0 Å². The number of carbonyl (C=O) groups is 1. The van der Waals surface area contributed by atoms with E-state index in [1.807, 2.05) is 0 Å². The molecular weight excluding hydrogens is 288 g/mol. The number of fused-ring (bicyclic) bond motifs is 2. The van der Waals surface area contributed by atoms with Gasteiger partial charge in [-0.3, -0.25) is 9.59 Å². The Balaban J connectivity index is 1.63. The molecule has 0 radical (unpaired) electrons. The number of hydrogen-bond donors (Lipinski definition) is 2. The normalized spacial score (nSPS) is 26.6. The van der Waals surface area contributed by atoms with Crippen molar-refractivity contribution in [2.75, 3.05) is 5.32 Å². The first-order chi connectivity index (χ1) is 10.1. The van der Waals surface area contributed by atoms with E-state index in [0.717, 1.165) is 5.39 Å². The fraction of sp³-hybridized carbons (Fsp3) is 0.375. The average Bonchev–Trinajstić information content (AvgIpc) is 2.94. The molecule has 1 aromatic carbocycles. The number of aromatic amines is 1. The van der Waals surface area contributed by atoms with Crippen LogP contribution in [0.2, 0.25) is 5.02 Å². The number of nitrogens with one attached hydrogen (secondary N) is 2. The van der Waals surface area contributed by atoms with Gasteiger partial charge >= 0.3 is 0 Å². The van der Waals surface area contributed by atoms with E-state index in [2.05, 4.69) is 10.3 Å². The lowest BCUT2D eigenvalue weighted by Gasteiger charge is -2.09. The van der Waals surface area contributed by atoms with E-state index in [0.29, 0.717) is 27.9 Å². The predicted octanol–water partition coefficient (Wildman–Crippen LogP) is 3.17. The minimum Gasteiger partial charge on any atom is -0.329 e. The van der Waals surface area contributed by atoms with Gasteiger partial charge in [0, 0.05) is 17.5 Å². The Morgan fingerprint density at radius 2 is 2.05 bits per heavy atom. The van der Waals surface area contributed by atoms with E-state index >= 15 is 0 Å².